The van der Waals surface area contributed by atoms with Gasteiger partial charge in [-0.25, -0.2) is 0 Å². The Bertz CT molecular complexity index is 1130. The van der Waals surface area contributed by atoms with Gasteiger partial charge in [0.1, 0.15) is 18.1 Å². The van der Waals surface area contributed by atoms with Crippen LogP contribution in [-0.4, -0.2) is 15.9 Å². The lowest BCUT2D eigenvalue weighted by atomic mass is 10.1. The van der Waals surface area contributed by atoms with E-state index in [-0.39, 0.29) is 5.91 Å². The molecular weight excluding hydrogens is 350 g/mol. The minimum absolute atomic E-state index is 0.185. The molecule has 2 aromatic heterocycles. The van der Waals surface area contributed by atoms with E-state index in [0.717, 1.165) is 27.7 Å². The summed E-state index contributed by atoms with van der Waals surface area (Å²) in [6.45, 7) is 4.47. The van der Waals surface area contributed by atoms with Crippen molar-refractivity contribution < 1.29 is 9.53 Å². The lowest BCUT2D eigenvalue weighted by Crippen LogP contribution is -2.12. The Morgan fingerprint density at radius 1 is 1.07 bits per heavy atom. The van der Waals surface area contributed by atoms with E-state index in [1.165, 1.54) is 0 Å². The molecule has 0 radical (unpaired) electrons. The highest BCUT2D eigenvalue weighted by molar-refractivity contribution is 6.06. The first kappa shape index (κ1) is 17.8. The Morgan fingerprint density at radius 2 is 1.96 bits per heavy atom. The molecule has 4 rings (SSSR count). The second-order valence-corrected chi connectivity index (χ2v) is 6.82. The number of rotatable bonds is 5. The highest BCUT2D eigenvalue weighted by Gasteiger charge is 2.12. The van der Waals surface area contributed by atoms with Crippen molar-refractivity contribution in [3.63, 3.8) is 0 Å². The third kappa shape index (κ3) is 3.88. The van der Waals surface area contributed by atoms with Crippen LogP contribution >= 0.6 is 0 Å². The maximum Gasteiger partial charge on any atom is 0.272 e. The van der Waals surface area contributed by atoms with Crippen molar-refractivity contribution in [2.45, 2.75) is 20.5 Å². The third-order valence-electron chi connectivity index (χ3n) is 4.54. The predicted octanol–water partition coefficient (Wildman–Crippen LogP) is 5.01. The number of fused-ring (bicyclic) bond motifs is 1. The molecule has 1 amide bonds. The van der Waals surface area contributed by atoms with Gasteiger partial charge in [-0.15, -0.1) is 0 Å². The summed E-state index contributed by atoms with van der Waals surface area (Å²) in [5.74, 6) is 0.488. The zero-order valence-corrected chi connectivity index (χ0v) is 15.8. The molecule has 0 atom stereocenters. The van der Waals surface area contributed by atoms with Gasteiger partial charge < -0.3 is 15.0 Å². The summed E-state index contributed by atoms with van der Waals surface area (Å²) in [6, 6.07) is 19.1. The van der Waals surface area contributed by atoms with Crippen LogP contribution < -0.4 is 10.1 Å². The summed E-state index contributed by atoms with van der Waals surface area (Å²) in [5, 5.41) is 3.98. The summed E-state index contributed by atoms with van der Waals surface area (Å²) in [4.78, 5) is 20.1. The Morgan fingerprint density at radius 3 is 2.79 bits per heavy atom. The fourth-order valence-electron chi connectivity index (χ4n) is 3.22. The Hall–Kier alpha value is -3.60. The molecule has 0 bridgehead atoms. The minimum atomic E-state index is -0.185. The number of aromatic nitrogens is 2. The molecule has 0 unspecified atom stereocenters. The zero-order valence-electron chi connectivity index (χ0n) is 15.8. The van der Waals surface area contributed by atoms with E-state index in [2.05, 4.69) is 21.4 Å². The minimum Gasteiger partial charge on any atom is -0.487 e. The molecule has 28 heavy (non-hydrogen) atoms. The van der Waals surface area contributed by atoms with Crippen LogP contribution in [0.4, 0.5) is 5.69 Å². The van der Waals surface area contributed by atoms with Crippen molar-refractivity contribution >= 4 is 22.5 Å². The van der Waals surface area contributed by atoms with Gasteiger partial charge in [-0.05, 0) is 61.4 Å². The summed E-state index contributed by atoms with van der Waals surface area (Å²) >= 11 is 0. The van der Waals surface area contributed by atoms with Crippen molar-refractivity contribution in [1.29, 1.82) is 0 Å². The number of benzene rings is 2. The molecule has 0 aliphatic heterocycles. The number of H-pyrrole nitrogens is 1. The number of nitrogens with one attached hydrogen (secondary N) is 2. The first-order chi connectivity index (χ1) is 13.6. The van der Waals surface area contributed by atoms with E-state index < -0.39 is 0 Å². The summed E-state index contributed by atoms with van der Waals surface area (Å²) in [6.07, 6.45) is 1.74. The molecule has 0 fully saturated rings. The van der Waals surface area contributed by atoms with E-state index in [1.807, 2.05) is 62.4 Å². The summed E-state index contributed by atoms with van der Waals surface area (Å²) < 4.78 is 5.78. The second kappa shape index (κ2) is 7.56. The van der Waals surface area contributed by atoms with Gasteiger partial charge in [-0.2, -0.15) is 0 Å². The predicted molar refractivity (Wildman–Crippen MR) is 111 cm³/mol. The van der Waals surface area contributed by atoms with Gasteiger partial charge in [0, 0.05) is 28.9 Å². The lowest BCUT2D eigenvalue weighted by Gasteiger charge is -2.08. The molecule has 0 saturated heterocycles. The van der Waals surface area contributed by atoms with Crippen molar-refractivity contribution in [1.82, 2.24) is 9.97 Å². The number of hydrogen-bond donors (Lipinski definition) is 2. The van der Waals surface area contributed by atoms with Crippen LogP contribution in [0, 0.1) is 13.8 Å². The van der Waals surface area contributed by atoms with Gasteiger partial charge >= 0.3 is 0 Å². The quantitative estimate of drug-likeness (QED) is 0.518. The van der Waals surface area contributed by atoms with Gasteiger partial charge in [-0.1, -0.05) is 18.2 Å². The highest BCUT2D eigenvalue weighted by atomic mass is 16.5. The Balaban J connectivity index is 1.48. The number of ether oxygens (including phenoxy) is 1. The number of aromatic amines is 1. The number of amides is 1. The fraction of sp³-hybridized carbons (Fsp3) is 0.130. The number of nitrogens with zero attached hydrogens (tertiary/aromatic N) is 1. The standard InChI is InChI=1S/C23H21N3O2/c1-15-10-16(2)20-13-22(26-21(20)11-15)23(27)25-17-7-5-8-19(12-17)28-14-18-6-3-4-9-24-18/h3-13,26H,14H2,1-2H3,(H,25,27). The number of pyridine rings is 1. The van der Waals surface area contributed by atoms with Gasteiger partial charge in [-0.3, -0.25) is 9.78 Å². The number of anilines is 1. The van der Waals surface area contributed by atoms with Crippen molar-refractivity contribution in [3.8, 4) is 5.75 Å². The van der Waals surface area contributed by atoms with E-state index in [9.17, 15) is 4.79 Å². The molecule has 140 valence electrons. The van der Waals surface area contributed by atoms with Crippen LogP contribution in [0.1, 0.15) is 27.3 Å². The van der Waals surface area contributed by atoms with E-state index in [0.29, 0.717) is 23.7 Å². The largest absolute Gasteiger partial charge is 0.487 e. The summed E-state index contributed by atoms with van der Waals surface area (Å²) in [7, 11) is 0. The molecule has 0 saturated carbocycles. The average Bonchev–Trinajstić information content (AvgIpc) is 3.12. The second-order valence-electron chi connectivity index (χ2n) is 6.82. The highest BCUT2D eigenvalue weighted by Crippen LogP contribution is 2.23. The Labute approximate surface area is 163 Å². The molecule has 0 aliphatic carbocycles. The average molecular weight is 371 g/mol. The van der Waals surface area contributed by atoms with Crippen molar-refractivity contribution in [3.05, 3.63) is 89.4 Å². The van der Waals surface area contributed by atoms with Gasteiger partial charge in [0.25, 0.3) is 5.91 Å². The van der Waals surface area contributed by atoms with Crippen LogP contribution in [0.2, 0.25) is 0 Å². The normalized spacial score (nSPS) is 10.8. The van der Waals surface area contributed by atoms with Crippen LogP contribution in [0.25, 0.3) is 10.9 Å². The zero-order chi connectivity index (χ0) is 19.5. The number of carbonyl (C=O) groups excluding carboxylic acids is 1. The van der Waals surface area contributed by atoms with Gasteiger partial charge in [0.15, 0.2) is 0 Å². The van der Waals surface area contributed by atoms with Crippen molar-refractivity contribution in [2.75, 3.05) is 5.32 Å². The topological polar surface area (TPSA) is 67.0 Å². The number of carbonyl (C=O) groups is 1. The molecule has 2 N–H and O–H groups in total. The monoisotopic (exact) mass is 371 g/mol. The molecule has 4 aromatic rings. The van der Waals surface area contributed by atoms with Crippen LogP contribution in [0.5, 0.6) is 5.75 Å². The first-order valence-electron chi connectivity index (χ1n) is 9.12. The number of aryl methyl sites for hydroxylation is 2. The van der Waals surface area contributed by atoms with E-state index in [1.54, 1.807) is 12.3 Å². The molecule has 5 nitrogen and oxygen atoms in total. The Kier molecular flexibility index (Phi) is 4.81. The molecular formula is C23H21N3O2. The smallest absolute Gasteiger partial charge is 0.272 e. The summed E-state index contributed by atoms with van der Waals surface area (Å²) in [5.41, 5.74) is 5.33. The van der Waals surface area contributed by atoms with Crippen molar-refractivity contribution in [2.24, 2.45) is 0 Å². The van der Waals surface area contributed by atoms with Gasteiger partial charge in [0.2, 0.25) is 0 Å². The maximum absolute atomic E-state index is 12.7. The SMILES string of the molecule is Cc1cc(C)c2cc(C(=O)Nc3cccc(OCc4ccccn4)c3)[nH]c2c1. The van der Waals surface area contributed by atoms with Crippen LogP contribution in [-0.2, 0) is 6.61 Å². The maximum atomic E-state index is 12.7. The lowest BCUT2D eigenvalue weighted by molar-refractivity contribution is 0.102. The molecule has 2 aromatic carbocycles. The van der Waals surface area contributed by atoms with Crippen LogP contribution in [0.3, 0.4) is 0 Å². The molecule has 0 spiro atoms. The molecule has 5 heteroatoms. The van der Waals surface area contributed by atoms with Crippen LogP contribution in [0.15, 0.2) is 66.9 Å². The third-order valence-corrected chi connectivity index (χ3v) is 4.54. The van der Waals surface area contributed by atoms with Gasteiger partial charge in [0.05, 0.1) is 5.69 Å². The molecule has 0 aliphatic rings. The first-order valence-corrected chi connectivity index (χ1v) is 9.12. The van der Waals surface area contributed by atoms with E-state index in [4.69, 9.17) is 4.74 Å². The van der Waals surface area contributed by atoms with E-state index >= 15 is 0 Å². The number of hydrogen-bond acceptors (Lipinski definition) is 3. The fourth-order valence-corrected chi connectivity index (χ4v) is 3.22. The molecule has 2 heterocycles.